The third-order valence-electron chi connectivity index (χ3n) is 5.97. The van der Waals surface area contributed by atoms with Crippen LogP contribution in [0.2, 0.25) is 0 Å². The molecule has 0 aliphatic carbocycles. The predicted molar refractivity (Wildman–Crippen MR) is 123 cm³/mol. The number of nitrogens with zero attached hydrogens (tertiary/aromatic N) is 1. The summed E-state index contributed by atoms with van der Waals surface area (Å²) in [6.45, 7) is 8.58. The van der Waals surface area contributed by atoms with E-state index in [4.69, 9.17) is 9.47 Å². The molecule has 3 aromatic carbocycles. The maximum Gasteiger partial charge on any atom is 0.310 e. The van der Waals surface area contributed by atoms with Crippen LogP contribution in [-0.4, -0.2) is 24.3 Å². The monoisotopic (exact) mass is 419 g/mol. The maximum absolute atomic E-state index is 11.5. The quantitative estimate of drug-likeness (QED) is 0.505. The minimum absolute atomic E-state index is 0.468. The maximum atomic E-state index is 11.5. The highest BCUT2D eigenvalue weighted by Gasteiger charge is 2.29. The molecule has 0 fully saturated rings. The Kier molecular flexibility index (Phi) is 6.03. The van der Waals surface area contributed by atoms with Crippen molar-refractivity contribution in [3.63, 3.8) is 0 Å². The van der Waals surface area contributed by atoms with Crippen molar-refractivity contribution in [2.75, 3.05) is 18.1 Å². The third-order valence-corrected chi connectivity index (χ3v) is 5.97. The smallest absolute Gasteiger partial charge is 0.310 e. The molecule has 31 heavy (non-hydrogen) atoms. The molecule has 1 N–H and O–H groups in total. The van der Waals surface area contributed by atoms with E-state index in [0.29, 0.717) is 19.6 Å². The molecule has 5 nitrogen and oxygen atoms in total. The van der Waals surface area contributed by atoms with Crippen molar-refractivity contribution in [3.05, 3.63) is 65.2 Å². The van der Waals surface area contributed by atoms with Crippen LogP contribution in [0.4, 0.5) is 5.69 Å². The van der Waals surface area contributed by atoms with Gasteiger partial charge in [-0.1, -0.05) is 43.3 Å². The van der Waals surface area contributed by atoms with Crippen molar-refractivity contribution < 1.29 is 19.4 Å². The zero-order valence-corrected chi connectivity index (χ0v) is 18.4. The summed E-state index contributed by atoms with van der Waals surface area (Å²) >= 11 is 0. The lowest BCUT2D eigenvalue weighted by Crippen LogP contribution is -2.15. The van der Waals surface area contributed by atoms with E-state index in [-0.39, 0.29) is 0 Å². The van der Waals surface area contributed by atoms with Crippen LogP contribution in [0.1, 0.15) is 49.8 Å². The third kappa shape index (κ3) is 3.80. The lowest BCUT2D eigenvalue weighted by Gasteiger charge is -2.19. The van der Waals surface area contributed by atoms with Gasteiger partial charge in [0.15, 0.2) is 0 Å². The molecule has 0 radical (unpaired) electrons. The molecule has 0 aromatic heterocycles. The number of rotatable bonds is 8. The van der Waals surface area contributed by atoms with Gasteiger partial charge in [0, 0.05) is 40.7 Å². The molecule has 162 valence electrons. The van der Waals surface area contributed by atoms with Gasteiger partial charge in [-0.3, -0.25) is 4.79 Å². The largest absolute Gasteiger partial charge is 0.493 e. The fourth-order valence-electron chi connectivity index (χ4n) is 4.52. The highest BCUT2D eigenvalue weighted by molar-refractivity contribution is 5.96. The Hall–Kier alpha value is -3.21. The second-order valence-corrected chi connectivity index (χ2v) is 7.77. The zero-order chi connectivity index (χ0) is 22.0. The van der Waals surface area contributed by atoms with E-state index in [1.165, 1.54) is 11.1 Å². The number of fused-ring (bicyclic) bond motifs is 2. The molecule has 0 spiro atoms. The van der Waals surface area contributed by atoms with Crippen molar-refractivity contribution in [3.8, 4) is 11.5 Å². The number of hydrogen-bond acceptors (Lipinski definition) is 4. The fourth-order valence-corrected chi connectivity index (χ4v) is 4.52. The molecule has 1 heterocycles. The Labute approximate surface area is 183 Å². The first-order valence-electron chi connectivity index (χ1n) is 11.0. The van der Waals surface area contributed by atoms with Gasteiger partial charge < -0.3 is 19.5 Å². The molecule has 0 amide bonds. The van der Waals surface area contributed by atoms with Crippen molar-refractivity contribution in [1.29, 1.82) is 0 Å². The van der Waals surface area contributed by atoms with Gasteiger partial charge in [-0.15, -0.1) is 0 Å². The summed E-state index contributed by atoms with van der Waals surface area (Å²) in [5, 5.41) is 11.6. The molecule has 1 unspecified atom stereocenters. The number of hydrogen-bond donors (Lipinski definition) is 1. The van der Waals surface area contributed by atoms with Crippen molar-refractivity contribution >= 4 is 22.4 Å². The number of carboxylic acid groups (broad SMARTS) is 1. The summed E-state index contributed by atoms with van der Waals surface area (Å²) in [5.74, 6) is 0.627. The molecule has 4 rings (SSSR count). The molecule has 1 aliphatic rings. The molecular weight excluding hydrogens is 390 g/mol. The van der Waals surface area contributed by atoms with Gasteiger partial charge in [0.25, 0.3) is 0 Å². The average molecular weight is 420 g/mol. The first-order valence-corrected chi connectivity index (χ1v) is 11.0. The Balaban J connectivity index is 1.74. The molecule has 1 aliphatic heterocycles. The minimum atomic E-state index is -0.779. The topological polar surface area (TPSA) is 59.0 Å². The second-order valence-electron chi connectivity index (χ2n) is 7.77. The normalized spacial score (nSPS) is 13.8. The van der Waals surface area contributed by atoms with E-state index in [9.17, 15) is 9.90 Å². The number of benzene rings is 3. The summed E-state index contributed by atoms with van der Waals surface area (Å²) in [6.07, 6.45) is 0.575. The Morgan fingerprint density at radius 1 is 0.903 bits per heavy atom. The second kappa shape index (κ2) is 8.88. The number of ether oxygens (including phenoxy) is 2. The lowest BCUT2D eigenvalue weighted by molar-refractivity contribution is -0.138. The van der Waals surface area contributed by atoms with E-state index < -0.39 is 11.9 Å². The molecule has 0 saturated heterocycles. The standard InChI is InChI=1S/C26H29NO4/c1-4-19(26(28)29)17-11-13-18(14-12-17)27-15-22-23(16-27)25(31-6-3)21-10-8-7-9-20(21)24(22)30-5-2/h7-14,19H,4-6,15-16H2,1-3H3,(H,28,29). The zero-order valence-electron chi connectivity index (χ0n) is 18.4. The summed E-state index contributed by atoms with van der Waals surface area (Å²) in [5.41, 5.74) is 4.25. The first kappa shape index (κ1) is 21.0. The Bertz CT molecular complexity index is 1040. The van der Waals surface area contributed by atoms with E-state index in [1.807, 2.05) is 57.2 Å². The van der Waals surface area contributed by atoms with E-state index in [0.717, 1.165) is 46.6 Å². The first-order chi connectivity index (χ1) is 15.1. The van der Waals surface area contributed by atoms with Crippen LogP contribution < -0.4 is 14.4 Å². The molecule has 1 atom stereocenters. The van der Waals surface area contributed by atoms with Crippen molar-refractivity contribution in [2.45, 2.75) is 46.2 Å². The van der Waals surface area contributed by atoms with Crippen LogP contribution in [0.5, 0.6) is 11.5 Å². The lowest BCUT2D eigenvalue weighted by atomic mass is 9.96. The van der Waals surface area contributed by atoms with Crippen LogP contribution in [-0.2, 0) is 17.9 Å². The van der Waals surface area contributed by atoms with Crippen molar-refractivity contribution in [1.82, 2.24) is 0 Å². The summed E-state index contributed by atoms with van der Waals surface area (Å²) in [7, 11) is 0. The van der Waals surface area contributed by atoms with Crippen LogP contribution in [0.15, 0.2) is 48.5 Å². The van der Waals surface area contributed by atoms with E-state index >= 15 is 0 Å². The number of anilines is 1. The van der Waals surface area contributed by atoms with Crippen LogP contribution in [0.3, 0.4) is 0 Å². The molecule has 0 bridgehead atoms. The Morgan fingerprint density at radius 3 is 1.84 bits per heavy atom. The van der Waals surface area contributed by atoms with E-state index in [1.54, 1.807) is 0 Å². The highest BCUT2D eigenvalue weighted by atomic mass is 16.5. The van der Waals surface area contributed by atoms with Crippen LogP contribution in [0, 0.1) is 0 Å². The van der Waals surface area contributed by atoms with Gasteiger partial charge in [0.2, 0.25) is 0 Å². The molecule has 3 aromatic rings. The fraction of sp³-hybridized carbons (Fsp3) is 0.346. The number of carboxylic acids is 1. The molecular formula is C26H29NO4. The van der Waals surface area contributed by atoms with Crippen LogP contribution in [0.25, 0.3) is 10.8 Å². The average Bonchev–Trinajstić information content (AvgIpc) is 3.22. The SMILES string of the molecule is CCOc1c2c(c(OCC)c3ccccc13)CN(c1ccc(C(CC)C(=O)O)cc1)C2. The summed E-state index contributed by atoms with van der Waals surface area (Å²) in [4.78, 5) is 13.8. The van der Waals surface area contributed by atoms with Gasteiger partial charge in [0.1, 0.15) is 11.5 Å². The Morgan fingerprint density at radius 2 is 1.42 bits per heavy atom. The van der Waals surface area contributed by atoms with Gasteiger partial charge in [-0.25, -0.2) is 0 Å². The van der Waals surface area contributed by atoms with Gasteiger partial charge >= 0.3 is 5.97 Å². The highest BCUT2D eigenvalue weighted by Crippen LogP contribution is 2.46. The van der Waals surface area contributed by atoms with Gasteiger partial charge in [0.05, 0.1) is 19.1 Å². The number of carbonyl (C=O) groups is 1. The van der Waals surface area contributed by atoms with Crippen LogP contribution >= 0.6 is 0 Å². The molecule has 0 saturated carbocycles. The van der Waals surface area contributed by atoms with Gasteiger partial charge in [-0.05, 0) is 38.0 Å². The predicted octanol–water partition coefficient (Wildman–Crippen LogP) is 5.74. The van der Waals surface area contributed by atoms with Gasteiger partial charge in [-0.2, -0.15) is 0 Å². The number of aliphatic carboxylic acids is 1. The summed E-state index contributed by atoms with van der Waals surface area (Å²) in [6, 6.07) is 16.2. The van der Waals surface area contributed by atoms with E-state index in [2.05, 4.69) is 17.0 Å². The molecule has 5 heteroatoms. The minimum Gasteiger partial charge on any atom is -0.493 e. The van der Waals surface area contributed by atoms with Crippen molar-refractivity contribution in [2.24, 2.45) is 0 Å². The summed E-state index contributed by atoms with van der Waals surface area (Å²) < 4.78 is 12.2.